The maximum Gasteiger partial charge on any atom is 0.339 e. The molecule has 19 heavy (non-hydrogen) atoms. The van der Waals surface area contributed by atoms with E-state index in [2.05, 4.69) is 0 Å². The number of Topliss-reactive ketones (excluding diaryl/α,β-unsaturated/α-hetero) is 1. The van der Waals surface area contributed by atoms with Gasteiger partial charge in [0, 0.05) is 5.69 Å². The van der Waals surface area contributed by atoms with Crippen molar-refractivity contribution in [1.29, 1.82) is 0 Å². The zero-order valence-corrected chi connectivity index (χ0v) is 11.1. The fraction of sp³-hybridized carbons (Fsp3) is 0.308. The van der Waals surface area contributed by atoms with Gasteiger partial charge in [-0.3, -0.25) is 9.59 Å². The van der Waals surface area contributed by atoms with Crippen LogP contribution in [0.25, 0.3) is 0 Å². The summed E-state index contributed by atoms with van der Waals surface area (Å²) in [5.74, 6) is -0.966. The van der Waals surface area contributed by atoms with E-state index in [1.807, 2.05) is 0 Å². The number of rotatable bonds is 3. The van der Waals surface area contributed by atoms with Crippen molar-refractivity contribution in [2.45, 2.75) is 13.3 Å². The molecule has 1 aliphatic heterocycles. The quantitative estimate of drug-likeness (QED) is 0.626. The van der Waals surface area contributed by atoms with Gasteiger partial charge in [-0.1, -0.05) is 11.6 Å². The predicted octanol–water partition coefficient (Wildman–Crippen LogP) is 1.82. The van der Waals surface area contributed by atoms with Crippen LogP contribution in [0.3, 0.4) is 0 Å². The lowest BCUT2D eigenvalue weighted by atomic mass is 10.2. The van der Waals surface area contributed by atoms with Gasteiger partial charge >= 0.3 is 5.97 Å². The fourth-order valence-electron chi connectivity index (χ4n) is 1.87. The van der Waals surface area contributed by atoms with Crippen LogP contribution in [0.4, 0.5) is 5.69 Å². The summed E-state index contributed by atoms with van der Waals surface area (Å²) in [7, 11) is 0. The van der Waals surface area contributed by atoms with E-state index >= 15 is 0 Å². The number of ketones is 1. The van der Waals surface area contributed by atoms with E-state index in [-0.39, 0.29) is 41.8 Å². The number of carbonyl (C=O) groups excluding carboxylic acids is 3. The fourth-order valence-corrected chi connectivity index (χ4v) is 2.06. The molecule has 5 nitrogen and oxygen atoms in total. The molecule has 1 saturated heterocycles. The number of ether oxygens (including phenoxy) is 1. The van der Waals surface area contributed by atoms with Crippen molar-refractivity contribution in [3.8, 4) is 0 Å². The lowest BCUT2D eigenvalue weighted by Crippen LogP contribution is -2.24. The molecule has 0 N–H and O–H groups in total. The van der Waals surface area contributed by atoms with Crippen LogP contribution < -0.4 is 4.90 Å². The van der Waals surface area contributed by atoms with Gasteiger partial charge in [-0.15, -0.1) is 0 Å². The number of benzene rings is 1. The highest BCUT2D eigenvalue weighted by atomic mass is 35.5. The van der Waals surface area contributed by atoms with E-state index in [1.165, 1.54) is 17.0 Å². The Hall–Kier alpha value is -1.88. The number of nitrogens with zero attached hydrogens (tertiary/aromatic N) is 1. The summed E-state index contributed by atoms with van der Waals surface area (Å²) in [6.45, 7) is 1.96. The van der Waals surface area contributed by atoms with Crippen molar-refractivity contribution in [2.24, 2.45) is 0 Å². The standard InChI is InChI=1S/C13H12ClNO4/c1-2-19-13(18)10-5-8(3-4-11(10)14)15-7-9(16)6-12(15)17/h3-5H,2,6-7H2,1H3. The molecule has 1 amide bonds. The average Bonchev–Trinajstić information content (AvgIpc) is 2.69. The van der Waals surface area contributed by atoms with Crippen molar-refractivity contribution < 1.29 is 19.1 Å². The molecule has 0 radical (unpaired) electrons. The Balaban J connectivity index is 2.33. The SMILES string of the molecule is CCOC(=O)c1cc(N2CC(=O)CC2=O)ccc1Cl. The van der Waals surface area contributed by atoms with Crippen molar-refractivity contribution in [2.75, 3.05) is 18.1 Å². The predicted molar refractivity (Wildman–Crippen MR) is 69.4 cm³/mol. The summed E-state index contributed by atoms with van der Waals surface area (Å²) in [5.41, 5.74) is 0.663. The third-order valence-electron chi connectivity index (χ3n) is 2.74. The van der Waals surface area contributed by atoms with E-state index in [0.29, 0.717) is 5.69 Å². The van der Waals surface area contributed by atoms with Gasteiger partial charge < -0.3 is 9.64 Å². The molecule has 0 saturated carbocycles. The van der Waals surface area contributed by atoms with Crippen molar-refractivity contribution in [1.82, 2.24) is 0 Å². The molecule has 0 bridgehead atoms. The molecule has 100 valence electrons. The molecule has 0 spiro atoms. The molecule has 1 aromatic carbocycles. The van der Waals surface area contributed by atoms with Crippen LogP contribution in [-0.2, 0) is 14.3 Å². The van der Waals surface area contributed by atoms with Crippen LogP contribution >= 0.6 is 11.6 Å². The monoisotopic (exact) mass is 281 g/mol. The summed E-state index contributed by atoms with van der Waals surface area (Å²) in [6, 6.07) is 4.58. The highest BCUT2D eigenvalue weighted by Gasteiger charge is 2.29. The molecule has 0 unspecified atom stereocenters. The third kappa shape index (κ3) is 2.76. The molecule has 1 aliphatic rings. The Kier molecular flexibility index (Phi) is 3.85. The largest absolute Gasteiger partial charge is 0.462 e. The lowest BCUT2D eigenvalue weighted by molar-refractivity contribution is -0.121. The van der Waals surface area contributed by atoms with Gasteiger partial charge in [0.2, 0.25) is 5.91 Å². The maximum absolute atomic E-state index is 11.7. The van der Waals surface area contributed by atoms with E-state index in [0.717, 1.165) is 0 Å². The minimum atomic E-state index is -0.549. The Morgan fingerprint density at radius 3 is 2.74 bits per heavy atom. The first kappa shape index (κ1) is 13.5. The second-order valence-corrected chi connectivity index (χ2v) is 4.49. The normalized spacial score (nSPS) is 14.9. The van der Waals surface area contributed by atoms with Crippen LogP contribution in [0.2, 0.25) is 5.02 Å². The summed E-state index contributed by atoms with van der Waals surface area (Å²) in [4.78, 5) is 35.9. The maximum atomic E-state index is 11.7. The molecular formula is C13H12ClNO4. The molecule has 0 atom stereocenters. The van der Waals surface area contributed by atoms with Crippen molar-refractivity contribution >= 4 is 34.9 Å². The number of hydrogen-bond donors (Lipinski definition) is 0. The van der Waals surface area contributed by atoms with Gasteiger partial charge in [-0.25, -0.2) is 4.79 Å². The van der Waals surface area contributed by atoms with Gasteiger partial charge in [0.05, 0.1) is 30.2 Å². The Bertz CT molecular complexity index is 556. The molecule has 6 heteroatoms. The highest BCUT2D eigenvalue weighted by molar-refractivity contribution is 6.33. The van der Waals surface area contributed by atoms with Crippen molar-refractivity contribution in [3.05, 3.63) is 28.8 Å². The van der Waals surface area contributed by atoms with Crippen LogP contribution in [0, 0.1) is 0 Å². The van der Waals surface area contributed by atoms with E-state index in [4.69, 9.17) is 16.3 Å². The van der Waals surface area contributed by atoms with Gasteiger partial charge in [-0.05, 0) is 25.1 Å². The number of esters is 1. The second-order valence-electron chi connectivity index (χ2n) is 4.08. The Labute approximate surface area is 115 Å². The number of amides is 1. The zero-order valence-electron chi connectivity index (χ0n) is 10.3. The van der Waals surface area contributed by atoms with E-state index in [9.17, 15) is 14.4 Å². The van der Waals surface area contributed by atoms with Crippen LogP contribution in [0.1, 0.15) is 23.7 Å². The molecule has 0 aliphatic carbocycles. The van der Waals surface area contributed by atoms with Gasteiger partial charge in [-0.2, -0.15) is 0 Å². The van der Waals surface area contributed by atoms with E-state index < -0.39 is 5.97 Å². The molecule has 2 rings (SSSR count). The number of halogens is 1. The highest BCUT2D eigenvalue weighted by Crippen LogP contribution is 2.26. The number of anilines is 1. The Morgan fingerprint density at radius 2 is 2.16 bits per heavy atom. The minimum absolute atomic E-state index is 0.0305. The Morgan fingerprint density at radius 1 is 1.42 bits per heavy atom. The zero-order chi connectivity index (χ0) is 14.0. The van der Waals surface area contributed by atoms with Crippen LogP contribution in [-0.4, -0.2) is 30.8 Å². The second kappa shape index (κ2) is 5.40. The summed E-state index contributed by atoms with van der Waals surface area (Å²) in [5, 5.41) is 0.250. The average molecular weight is 282 g/mol. The third-order valence-corrected chi connectivity index (χ3v) is 3.07. The van der Waals surface area contributed by atoms with Crippen LogP contribution in [0.5, 0.6) is 0 Å². The molecule has 1 fully saturated rings. The van der Waals surface area contributed by atoms with Gasteiger partial charge in [0.25, 0.3) is 0 Å². The van der Waals surface area contributed by atoms with E-state index in [1.54, 1.807) is 13.0 Å². The topological polar surface area (TPSA) is 63.7 Å². The first-order chi connectivity index (χ1) is 9.02. The van der Waals surface area contributed by atoms with Gasteiger partial charge in [0.15, 0.2) is 5.78 Å². The molecule has 0 aromatic heterocycles. The lowest BCUT2D eigenvalue weighted by Gasteiger charge is -2.16. The summed E-state index contributed by atoms with van der Waals surface area (Å²) >= 11 is 5.93. The first-order valence-electron chi connectivity index (χ1n) is 5.81. The van der Waals surface area contributed by atoms with Gasteiger partial charge in [0.1, 0.15) is 0 Å². The van der Waals surface area contributed by atoms with Crippen LogP contribution in [0.15, 0.2) is 18.2 Å². The number of carbonyl (C=O) groups is 3. The number of hydrogen-bond acceptors (Lipinski definition) is 4. The first-order valence-corrected chi connectivity index (χ1v) is 6.19. The minimum Gasteiger partial charge on any atom is -0.462 e. The summed E-state index contributed by atoms with van der Waals surface area (Å²) in [6.07, 6.45) is -0.0998. The smallest absolute Gasteiger partial charge is 0.339 e. The molecule has 1 heterocycles. The molecular weight excluding hydrogens is 270 g/mol. The summed E-state index contributed by atoms with van der Waals surface area (Å²) < 4.78 is 4.88. The molecule has 1 aromatic rings. The van der Waals surface area contributed by atoms with Crippen molar-refractivity contribution in [3.63, 3.8) is 0 Å².